The highest BCUT2D eigenvalue weighted by Crippen LogP contribution is 2.31. The normalized spacial score (nSPS) is 11.1. The summed E-state index contributed by atoms with van der Waals surface area (Å²) in [5, 5.41) is 1.07. The van der Waals surface area contributed by atoms with E-state index in [2.05, 4.69) is 0 Å². The first kappa shape index (κ1) is 21.7. The van der Waals surface area contributed by atoms with Crippen molar-refractivity contribution < 1.29 is 13.9 Å². The zero-order valence-corrected chi connectivity index (χ0v) is 18.0. The van der Waals surface area contributed by atoms with E-state index in [4.69, 9.17) is 26.5 Å². The Morgan fingerprint density at radius 2 is 1.87 bits per heavy atom. The molecule has 0 aliphatic heterocycles. The molecule has 0 spiro atoms. The lowest BCUT2D eigenvalue weighted by Crippen LogP contribution is -2.25. The van der Waals surface area contributed by atoms with Crippen molar-refractivity contribution in [3.8, 4) is 5.75 Å². The van der Waals surface area contributed by atoms with E-state index in [0.29, 0.717) is 28.3 Å². The number of carbonyl (C=O) groups excluding carboxylic acids is 1. The van der Waals surface area contributed by atoms with E-state index in [1.165, 1.54) is 4.90 Å². The molecule has 0 saturated heterocycles. The van der Waals surface area contributed by atoms with Gasteiger partial charge in [-0.15, -0.1) is 5.69 Å². The van der Waals surface area contributed by atoms with Crippen LogP contribution in [0.15, 0.2) is 45.6 Å². The van der Waals surface area contributed by atoms with Crippen LogP contribution < -0.4 is 10.4 Å². The summed E-state index contributed by atoms with van der Waals surface area (Å²) in [6.07, 6.45) is -0.267. The standard InChI is InChI=1S/C22H23ClN3O4/c1-25(2)12-17-15-9-8-14(29-22(28)26(3)4)11-19(15)30-21(27)16(17)10-13-6-5-7-18(24)20(13)23/h5-9,11,24H,10,12H2,1-4H3/q-1. The van der Waals surface area contributed by atoms with Crippen LogP contribution in [0.2, 0.25) is 5.02 Å². The molecular formula is C22H23ClN3O4-. The number of halogens is 1. The Balaban J connectivity index is 2.13. The minimum Gasteiger partial charge on any atom is -0.698 e. The maximum atomic E-state index is 12.9. The van der Waals surface area contributed by atoms with Gasteiger partial charge in [-0.3, -0.25) is 0 Å². The molecule has 0 aliphatic rings. The first-order valence-corrected chi connectivity index (χ1v) is 9.66. The number of rotatable bonds is 5. The fourth-order valence-corrected chi connectivity index (χ4v) is 3.31. The molecule has 30 heavy (non-hydrogen) atoms. The molecule has 2 aromatic carbocycles. The summed E-state index contributed by atoms with van der Waals surface area (Å²) < 4.78 is 10.8. The van der Waals surface area contributed by atoms with Crippen LogP contribution in [0.25, 0.3) is 16.7 Å². The van der Waals surface area contributed by atoms with Crippen LogP contribution >= 0.6 is 11.6 Å². The Morgan fingerprint density at radius 3 is 2.53 bits per heavy atom. The molecule has 0 radical (unpaired) electrons. The molecule has 8 heteroatoms. The van der Waals surface area contributed by atoms with E-state index in [1.807, 2.05) is 19.0 Å². The van der Waals surface area contributed by atoms with Crippen molar-refractivity contribution in [2.75, 3.05) is 28.2 Å². The zero-order chi connectivity index (χ0) is 22.0. The van der Waals surface area contributed by atoms with Crippen molar-refractivity contribution in [2.45, 2.75) is 13.0 Å². The summed E-state index contributed by atoms with van der Waals surface area (Å²) in [5.74, 6) is 0.290. The number of nitrogens with one attached hydrogen (secondary N) is 1. The molecule has 1 heterocycles. The number of hydrogen-bond acceptors (Lipinski definition) is 5. The molecule has 7 nitrogen and oxygen atoms in total. The highest BCUT2D eigenvalue weighted by Gasteiger charge is 2.18. The molecule has 0 aliphatic carbocycles. The van der Waals surface area contributed by atoms with Gasteiger partial charge in [-0.05, 0) is 37.4 Å². The number of benzene rings is 2. The Labute approximate surface area is 179 Å². The van der Waals surface area contributed by atoms with Crippen LogP contribution in [0.1, 0.15) is 16.7 Å². The van der Waals surface area contributed by atoms with Gasteiger partial charge in [-0.1, -0.05) is 29.8 Å². The second-order valence-electron chi connectivity index (χ2n) is 7.46. The van der Waals surface area contributed by atoms with Gasteiger partial charge in [-0.25, -0.2) is 9.59 Å². The fourth-order valence-electron chi connectivity index (χ4n) is 3.12. The first-order valence-electron chi connectivity index (χ1n) is 9.29. The van der Waals surface area contributed by atoms with Gasteiger partial charge in [0.2, 0.25) is 0 Å². The molecule has 158 valence electrons. The van der Waals surface area contributed by atoms with Crippen molar-refractivity contribution in [3.63, 3.8) is 0 Å². The van der Waals surface area contributed by atoms with Gasteiger partial charge in [0, 0.05) is 49.1 Å². The van der Waals surface area contributed by atoms with Crippen LogP contribution in [0.3, 0.4) is 0 Å². The molecular weight excluding hydrogens is 406 g/mol. The smallest absolute Gasteiger partial charge is 0.414 e. The van der Waals surface area contributed by atoms with Crippen LogP contribution in [-0.2, 0) is 13.0 Å². The third-order valence-corrected chi connectivity index (χ3v) is 5.03. The zero-order valence-electron chi connectivity index (χ0n) is 17.3. The highest BCUT2D eigenvalue weighted by molar-refractivity contribution is 6.34. The molecule has 3 rings (SSSR count). The SMILES string of the molecule is CN(C)Cc1c(Cc2cccc([NH-])c2Cl)c(=O)oc2cc(OC(=O)N(C)C)ccc12. The lowest BCUT2D eigenvalue weighted by atomic mass is 9.97. The van der Waals surface area contributed by atoms with Crippen molar-refractivity contribution in [1.29, 1.82) is 0 Å². The Kier molecular flexibility index (Phi) is 6.34. The molecule has 1 aromatic heterocycles. The van der Waals surface area contributed by atoms with E-state index in [1.54, 1.807) is 50.5 Å². The maximum Gasteiger partial charge on any atom is 0.414 e. The van der Waals surface area contributed by atoms with Crippen molar-refractivity contribution >= 4 is 34.4 Å². The minimum atomic E-state index is -0.522. The van der Waals surface area contributed by atoms with Crippen LogP contribution in [-0.4, -0.2) is 44.1 Å². The largest absolute Gasteiger partial charge is 0.698 e. The van der Waals surface area contributed by atoms with Gasteiger partial charge in [0.1, 0.15) is 11.3 Å². The number of fused-ring (bicyclic) bond motifs is 1. The van der Waals surface area contributed by atoms with Crippen molar-refractivity contribution in [1.82, 2.24) is 9.80 Å². The van der Waals surface area contributed by atoms with Crippen LogP contribution in [0.4, 0.5) is 10.5 Å². The van der Waals surface area contributed by atoms with E-state index in [9.17, 15) is 9.59 Å². The Morgan fingerprint density at radius 1 is 1.13 bits per heavy atom. The summed E-state index contributed by atoms with van der Waals surface area (Å²) in [7, 11) is 6.99. The minimum absolute atomic E-state index is 0.209. The maximum absolute atomic E-state index is 12.9. The number of amides is 1. The van der Waals surface area contributed by atoms with Crippen molar-refractivity contribution in [2.24, 2.45) is 0 Å². The Bertz CT molecular complexity index is 1160. The van der Waals surface area contributed by atoms with Gasteiger partial charge in [-0.2, -0.15) is 0 Å². The second-order valence-corrected chi connectivity index (χ2v) is 7.84. The summed E-state index contributed by atoms with van der Waals surface area (Å²) in [5.41, 5.74) is 9.95. The average molecular weight is 429 g/mol. The van der Waals surface area contributed by atoms with E-state index >= 15 is 0 Å². The predicted molar refractivity (Wildman–Crippen MR) is 118 cm³/mol. The number of carbonyl (C=O) groups is 1. The summed E-state index contributed by atoms with van der Waals surface area (Å²) in [6, 6.07) is 10.1. The molecule has 1 amide bonds. The molecule has 0 bridgehead atoms. The molecule has 0 unspecified atom stereocenters. The number of nitrogens with zero attached hydrogens (tertiary/aromatic N) is 2. The molecule has 1 N–H and O–H groups in total. The number of hydrogen-bond donors (Lipinski definition) is 0. The summed E-state index contributed by atoms with van der Waals surface area (Å²) in [4.78, 5) is 28.0. The van der Waals surface area contributed by atoms with Crippen LogP contribution in [0.5, 0.6) is 5.75 Å². The Hall–Kier alpha value is -3.03. The monoisotopic (exact) mass is 428 g/mol. The fraction of sp³-hybridized carbons (Fsp3) is 0.273. The summed E-state index contributed by atoms with van der Waals surface area (Å²) >= 11 is 6.28. The third-order valence-electron chi connectivity index (χ3n) is 4.58. The first-order chi connectivity index (χ1) is 14.2. The topological polar surface area (TPSA) is 86.8 Å². The number of ether oxygens (including phenoxy) is 1. The van der Waals surface area contributed by atoms with Gasteiger partial charge in [0.05, 0.1) is 0 Å². The molecule has 0 saturated carbocycles. The lowest BCUT2D eigenvalue weighted by molar-refractivity contribution is 0.172. The van der Waals surface area contributed by atoms with Crippen LogP contribution in [0, 0.1) is 0 Å². The molecule has 0 fully saturated rings. The van der Waals surface area contributed by atoms with E-state index in [-0.39, 0.29) is 17.9 Å². The van der Waals surface area contributed by atoms with E-state index in [0.717, 1.165) is 10.9 Å². The molecule has 3 aromatic rings. The summed E-state index contributed by atoms with van der Waals surface area (Å²) in [6.45, 7) is 0.506. The molecule has 0 atom stereocenters. The predicted octanol–water partition coefficient (Wildman–Crippen LogP) is 4.84. The lowest BCUT2D eigenvalue weighted by Gasteiger charge is -2.18. The second kappa shape index (κ2) is 8.77. The third kappa shape index (κ3) is 4.58. The quantitative estimate of drug-likeness (QED) is 0.542. The van der Waals surface area contributed by atoms with Gasteiger partial charge < -0.3 is 24.7 Å². The van der Waals surface area contributed by atoms with Crippen molar-refractivity contribution in [3.05, 3.63) is 74.3 Å². The highest BCUT2D eigenvalue weighted by atomic mass is 35.5. The van der Waals surface area contributed by atoms with Gasteiger partial charge in [0.25, 0.3) is 0 Å². The van der Waals surface area contributed by atoms with E-state index < -0.39 is 11.7 Å². The van der Waals surface area contributed by atoms with Gasteiger partial charge >= 0.3 is 11.7 Å². The average Bonchev–Trinajstić information content (AvgIpc) is 2.67. The van der Waals surface area contributed by atoms with Gasteiger partial charge in [0.15, 0.2) is 0 Å².